The molecule has 2 amide bonds. The second kappa shape index (κ2) is 9.41. The molecule has 0 saturated heterocycles. The van der Waals surface area contributed by atoms with Crippen molar-refractivity contribution < 1.29 is 9.59 Å². The molecule has 4 rings (SSSR count). The summed E-state index contributed by atoms with van der Waals surface area (Å²) >= 11 is 3.06. The Morgan fingerprint density at radius 1 is 1.10 bits per heavy atom. The van der Waals surface area contributed by atoms with E-state index in [4.69, 9.17) is 0 Å². The number of nitrogens with one attached hydrogen (secondary N) is 2. The number of anilines is 1. The van der Waals surface area contributed by atoms with Crippen LogP contribution in [0.5, 0.6) is 0 Å². The summed E-state index contributed by atoms with van der Waals surface area (Å²) in [5.41, 5.74) is 2.72. The van der Waals surface area contributed by atoms with Gasteiger partial charge in [0.2, 0.25) is 11.8 Å². The zero-order valence-electron chi connectivity index (χ0n) is 16.0. The third-order valence-electron chi connectivity index (χ3n) is 5.01. The first kappa shape index (κ1) is 19.9. The van der Waals surface area contributed by atoms with Gasteiger partial charge in [-0.05, 0) is 42.7 Å². The fourth-order valence-electron chi connectivity index (χ4n) is 3.48. The molecule has 150 valence electrons. The lowest BCUT2D eigenvalue weighted by molar-refractivity contribution is -0.120. The average Bonchev–Trinajstić information content (AvgIpc) is 3.40. The quantitative estimate of drug-likeness (QED) is 0.532. The molecule has 1 aliphatic rings. The highest BCUT2D eigenvalue weighted by atomic mass is 32.2. The van der Waals surface area contributed by atoms with Crippen molar-refractivity contribution in [2.75, 3.05) is 11.1 Å². The first-order chi connectivity index (χ1) is 14.2. The topological polar surface area (TPSA) is 71.1 Å². The highest BCUT2D eigenvalue weighted by Gasteiger charge is 2.22. The second-order valence-corrected chi connectivity index (χ2v) is 9.44. The minimum absolute atomic E-state index is 0.0327. The van der Waals surface area contributed by atoms with Crippen LogP contribution >= 0.6 is 23.1 Å². The van der Waals surface area contributed by atoms with Gasteiger partial charge in [0.05, 0.1) is 16.0 Å². The van der Waals surface area contributed by atoms with Crippen molar-refractivity contribution in [3.8, 4) is 0 Å². The van der Waals surface area contributed by atoms with Crippen LogP contribution in [-0.4, -0.2) is 22.6 Å². The number of amides is 2. The summed E-state index contributed by atoms with van der Waals surface area (Å²) in [7, 11) is 0. The number of thioether (sulfide) groups is 1. The summed E-state index contributed by atoms with van der Waals surface area (Å²) < 4.78 is 2.03. The molecule has 0 bridgehead atoms. The van der Waals surface area contributed by atoms with Crippen molar-refractivity contribution in [3.05, 3.63) is 54.1 Å². The lowest BCUT2D eigenvalue weighted by Crippen LogP contribution is -2.24. The highest BCUT2D eigenvalue weighted by molar-refractivity contribution is 8.01. The minimum atomic E-state index is -0.0327. The fraction of sp³-hybridized carbons (Fsp3) is 0.318. The van der Waals surface area contributed by atoms with Gasteiger partial charge in [0.15, 0.2) is 4.34 Å². The zero-order valence-corrected chi connectivity index (χ0v) is 17.7. The van der Waals surface area contributed by atoms with Crippen LogP contribution in [0.25, 0.3) is 10.2 Å². The van der Waals surface area contributed by atoms with Gasteiger partial charge in [0.25, 0.3) is 0 Å². The van der Waals surface area contributed by atoms with Crippen LogP contribution in [0, 0.1) is 5.92 Å². The molecular formula is C22H23N3O2S2. The molecule has 1 aromatic heterocycles. The Hall–Kier alpha value is -2.38. The molecule has 3 aromatic rings. The number of nitrogens with zero attached hydrogens (tertiary/aromatic N) is 1. The van der Waals surface area contributed by atoms with Crippen LogP contribution in [-0.2, 0) is 16.1 Å². The minimum Gasteiger partial charge on any atom is -0.351 e. The Balaban J connectivity index is 1.26. The number of benzene rings is 2. The molecule has 5 nitrogen and oxygen atoms in total. The molecule has 2 aromatic carbocycles. The number of carbonyl (C=O) groups excluding carboxylic acids is 2. The summed E-state index contributed by atoms with van der Waals surface area (Å²) in [4.78, 5) is 29.0. The second-order valence-electron chi connectivity index (χ2n) is 7.18. The predicted molar refractivity (Wildman–Crippen MR) is 119 cm³/mol. The summed E-state index contributed by atoms with van der Waals surface area (Å²) in [6.45, 7) is 0.437. The van der Waals surface area contributed by atoms with E-state index in [0.717, 1.165) is 51.5 Å². The molecule has 1 heterocycles. The van der Waals surface area contributed by atoms with Gasteiger partial charge in [-0.2, -0.15) is 0 Å². The van der Waals surface area contributed by atoms with Crippen LogP contribution in [0.3, 0.4) is 0 Å². The molecule has 0 unspecified atom stereocenters. The van der Waals surface area contributed by atoms with E-state index in [2.05, 4.69) is 15.6 Å². The molecule has 0 radical (unpaired) electrons. The van der Waals surface area contributed by atoms with Gasteiger partial charge in [-0.15, -0.1) is 11.3 Å². The SMILES string of the molecule is O=C(CSc1nc2ccccc2s1)NCc1cccc(NC(=O)C2CCCC2)c1. The van der Waals surface area contributed by atoms with Crippen LogP contribution in [0.15, 0.2) is 52.9 Å². The van der Waals surface area contributed by atoms with Crippen molar-refractivity contribution in [1.29, 1.82) is 0 Å². The van der Waals surface area contributed by atoms with E-state index in [-0.39, 0.29) is 17.7 Å². The number of aromatic nitrogens is 1. The van der Waals surface area contributed by atoms with E-state index in [9.17, 15) is 9.59 Å². The van der Waals surface area contributed by atoms with Gasteiger partial charge in [-0.25, -0.2) is 4.98 Å². The Bertz CT molecular complexity index is 979. The number of hydrogen-bond acceptors (Lipinski definition) is 5. The van der Waals surface area contributed by atoms with E-state index < -0.39 is 0 Å². The van der Waals surface area contributed by atoms with Gasteiger partial charge in [-0.3, -0.25) is 9.59 Å². The monoisotopic (exact) mass is 425 g/mol. The molecule has 1 saturated carbocycles. The van der Waals surface area contributed by atoms with E-state index in [1.54, 1.807) is 11.3 Å². The molecular weight excluding hydrogens is 402 g/mol. The molecule has 1 fully saturated rings. The number of thiazole rings is 1. The highest BCUT2D eigenvalue weighted by Crippen LogP contribution is 2.29. The maximum atomic E-state index is 12.3. The average molecular weight is 426 g/mol. The zero-order chi connectivity index (χ0) is 20.1. The molecule has 7 heteroatoms. The van der Waals surface area contributed by atoms with E-state index in [1.807, 2.05) is 48.5 Å². The molecule has 29 heavy (non-hydrogen) atoms. The van der Waals surface area contributed by atoms with E-state index in [1.165, 1.54) is 11.8 Å². The van der Waals surface area contributed by atoms with E-state index in [0.29, 0.717) is 12.3 Å². The van der Waals surface area contributed by atoms with Crippen molar-refractivity contribution in [3.63, 3.8) is 0 Å². The van der Waals surface area contributed by atoms with Crippen LogP contribution < -0.4 is 10.6 Å². The molecule has 0 atom stereocenters. The molecule has 0 aliphatic heterocycles. The Morgan fingerprint density at radius 2 is 1.93 bits per heavy atom. The standard InChI is InChI=1S/C22H23N3O2S2/c26-20(14-28-22-25-18-10-3-4-11-19(18)29-22)23-13-15-6-5-9-17(12-15)24-21(27)16-7-1-2-8-16/h3-6,9-12,16H,1-2,7-8,13-14H2,(H,23,26)(H,24,27). The number of rotatable bonds is 7. The molecule has 2 N–H and O–H groups in total. The van der Waals surface area contributed by atoms with Crippen molar-refractivity contribution in [1.82, 2.24) is 10.3 Å². The van der Waals surface area contributed by atoms with E-state index >= 15 is 0 Å². The van der Waals surface area contributed by atoms with Crippen LogP contribution in [0.1, 0.15) is 31.2 Å². The van der Waals surface area contributed by atoms with Crippen molar-refractivity contribution in [2.24, 2.45) is 5.92 Å². The Kier molecular flexibility index (Phi) is 6.46. The summed E-state index contributed by atoms with van der Waals surface area (Å²) in [6, 6.07) is 15.6. The van der Waals surface area contributed by atoms with Crippen molar-refractivity contribution in [2.45, 2.75) is 36.6 Å². The number of fused-ring (bicyclic) bond motifs is 1. The smallest absolute Gasteiger partial charge is 0.230 e. The lowest BCUT2D eigenvalue weighted by atomic mass is 10.1. The van der Waals surface area contributed by atoms with Gasteiger partial charge in [0.1, 0.15) is 0 Å². The Morgan fingerprint density at radius 3 is 2.76 bits per heavy atom. The van der Waals surface area contributed by atoms with Crippen LogP contribution in [0.2, 0.25) is 0 Å². The Labute approximate surface area is 178 Å². The van der Waals surface area contributed by atoms with Crippen LogP contribution in [0.4, 0.5) is 5.69 Å². The van der Waals surface area contributed by atoms with Gasteiger partial charge < -0.3 is 10.6 Å². The number of hydrogen-bond donors (Lipinski definition) is 2. The maximum absolute atomic E-state index is 12.3. The summed E-state index contributed by atoms with van der Waals surface area (Å²) in [6.07, 6.45) is 4.24. The summed E-state index contributed by atoms with van der Waals surface area (Å²) in [5, 5.41) is 5.95. The summed E-state index contributed by atoms with van der Waals surface area (Å²) in [5.74, 6) is 0.543. The number of para-hydroxylation sites is 1. The third kappa shape index (κ3) is 5.36. The molecule has 0 spiro atoms. The van der Waals surface area contributed by atoms with Gasteiger partial charge >= 0.3 is 0 Å². The maximum Gasteiger partial charge on any atom is 0.230 e. The lowest BCUT2D eigenvalue weighted by Gasteiger charge is -2.11. The van der Waals surface area contributed by atoms with Gasteiger partial charge in [0, 0.05) is 18.2 Å². The fourth-order valence-corrected chi connectivity index (χ4v) is 5.38. The molecule has 1 aliphatic carbocycles. The predicted octanol–water partition coefficient (Wildman–Crippen LogP) is 4.83. The first-order valence-electron chi connectivity index (χ1n) is 9.82. The largest absolute Gasteiger partial charge is 0.351 e. The normalized spacial score (nSPS) is 14.2. The first-order valence-corrected chi connectivity index (χ1v) is 11.6. The van der Waals surface area contributed by atoms with Gasteiger partial charge in [-0.1, -0.05) is 48.9 Å². The number of carbonyl (C=O) groups is 2. The third-order valence-corrected chi connectivity index (χ3v) is 7.19. The van der Waals surface area contributed by atoms with Crippen molar-refractivity contribution >= 4 is 50.8 Å².